The number of amides is 1. The Morgan fingerprint density at radius 1 is 1.23 bits per heavy atom. The molecule has 0 heterocycles. The minimum Gasteiger partial charge on any atom is -0.497 e. The number of nitrogens with one attached hydrogen (secondary N) is 1. The molecule has 0 spiro atoms. The van der Waals surface area contributed by atoms with Gasteiger partial charge in [0.25, 0.3) is 5.91 Å². The molecule has 0 aliphatic heterocycles. The van der Waals surface area contributed by atoms with Gasteiger partial charge in [-0.25, -0.2) is 4.79 Å². The van der Waals surface area contributed by atoms with Crippen molar-refractivity contribution < 1.29 is 23.8 Å². The number of rotatable bonds is 8. The molecule has 1 aromatic rings. The Bertz CT molecular complexity index is 515. The minimum absolute atomic E-state index is 0.0579. The van der Waals surface area contributed by atoms with E-state index in [-0.39, 0.29) is 24.1 Å². The van der Waals surface area contributed by atoms with Crippen LogP contribution in [0.15, 0.2) is 18.2 Å². The molecule has 6 heteroatoms. The average Bonchev–Trinajstić information content (AvgIpc) is 2.52. The van der Waals surface area contributed by atoms with Crippen molar-refractivity contribution in [2.45, 2.75) is 32.7 Å². The lowest BCUT2D eigenvalue weighted by Crippen LogP contribution is -2.35. The van der Waals surface area contributed by atoms with Crippen molar-refractivity contribution in [1.29, 1.82) is 0 Å². The zero-order valence-corrected chi connectivity index (χ0v) is 13.5. The van der Waals surface area contributed by atoms with Crippen molar-refractivity contribution in [3.63, 3.8) is 0 Å². The lowest BCUT2D eigenvalue weighted by Gasteiger charge is -2.13. The highest BCUT2D eigenvalue weighted by Gasteiger charge is 2.17. The molecule has 0 saturated heterocycles. The monoisotopic (exact) mass is 309 g/mol. The topological polar surface area (TPSA) is 73.9 Å². The van der Waals surface area contributed by atoms with Crippen LogP contribution >= 0.6 is 0 Å². The fourth-order valence-electron chi connectivity index (χ4n) is 2.00. The SMILES string of the molecule is CCC[C@H](C)NC(=O)COC(=O)c1cc(OC)ccc1OC. The first-order valence-electron chi connectivity index (χ1n) is 7.20. The summed E-state index contributed by atoms with van der Waals surface area (Å²) in [5.41, 5.74) is 0.219. The van der Waals surface area contributed by atoms with E-state index in [0.717, 1.165) is 12.8 Å². The maximum atomic E-state index is 12.1. The van der Waals surface area contributed by atoms with Crippen molar-refractivity contribution in [3.8, 4) is 11.5 Å². The van der Waals surface area contributed by atoms with E-state index in [1.165, 1.54) is 20.3 Å². The summed E-state index contributed by atoms with van der Waals surface area (Å²) in [7, 11) is 2.96. The van der Waals surface area contributed by atoms with Crippen LogP contribution in [0, 0.1) is 0 Å². The van der Waals surface area contributed by atoms with Gasteiger partial charge in [0.15, 0.2) is 6.61 Å². The normalized spacial score (nSPS) is 11.5. The van der Waals surface area contributed by atoms with E-state index in [9.17, 15) is 9.59 Å². The standard InChI is InChI=1S/C16H23NO5/c1-5-6-11(2)17-15(18)10-22-16(19)13-9-12(20-3)7-8-14(13)21-4/h7-9,11H,5-6,10H2,1-4H3,(H,17,18)/t11-/m0/s1. The van der Waals surface area contributed by atoms with E-state index in [2.05, 4.69) is 5.32 Å². The summed E-state index contributed by atoms with van der Waals surface area (Å²) in [4.78, 5) is 23.8. The van der Waals surface area contributed by atoms with Gasteiger partial charge in [-0.3, -0.25) is 4.79 Å². The van der Waals surface area contributed by atoms with Crippen molar-refractivity contribution in [2.75, 3.05) is 20.8 Å². The third kappa shape index (κ3) is 5.27. The number of benzene rings is 1. The second kappa shape index (κ2) is 8.92. The van der Waals surface area contributed by atoms with Crippen LogP contribution in [0.4, 0.5) is 0 Å². The minimum atomic E-state index is -0.631. The van der Waals surface area contributed by atoms with Gasteiger partial charge in [-0.1, -0.05) is 13.3 Å². The highest BCUT2D eigenvalue weighted by atomic mass is 16.5. The highest BCUT2D eigenvalue weighted by molar-refractivity contribution is 5.94. The summed E-state index contributed by atoms with van der Waals surface area (Å²) in [6.45, 7) is 3.62. The van der Waals surface area contributed by atoms with Crippen LogP contribution in [0.5, 0.6) is 11.5 Å². The molecule has 122 valence electrons. The van der Waals surface area contributed by atoms with Crippen LogP contribution in [0.3, 0.4) is 0 Å². The van der Waals surface area contributed by atoms with Gasteiger partial charge in [-0.15, -0.1) is 0 Å². The van der Waals surface area contributed by atoms with Gasteiger partial charge in [0, 0.05) is 6.04 Å². The Balaban J connectivity index is 2.63. The van der Waals surface area contributed by atoms with Crippen molar-refractivity contribution >= 4 is 11.9 Å². The van der Waals surface area contributed by atoms with E-state index in [0.29, 0.717) is 11.5 Å². The fourth-order valence-corrected chi connectivity index (χ4v) is 2.00. The Kier molecular flexibility index (Phi) is 7.22. The third-order valence-corrected chi connectivity index (χ3v) is 3.09. The molecule has 0 unspecified atom stereocenters. The molecule has 0 aliphatic rings. The highest BCUT2D eigenvalue weighted by Crippen LogP contribution is 2.24. The number of hydrogen-bond donors (Lipinski definition) is 1. The molecule has 1 rings (SSSR count). The summed E-state index contributed by atoms with van der Waals surface area (Å²) in [6.07, 6.45) is 1.85. The van der Waals surface area contributed by atoms with Crippen LogP contribution in [-0.4, -0.2) is 38.7 Å². The van der Waals surface area contributed by atoms with Gasteiger partial charge in [0.05, 0.1) is 14.2 Å². The fraction of sp³-hybridized carbons (Fsp3) is 0.500. The zero-order valence-electron chi connectivity index (χ0n) is 13.5. The van der Waals surface area contributed by atoms with E-state index in [4.69, 9.17) is 14.2 Å². The van der Waals surface area contributed by atoms with Crippen molar-refractivity contribution in [3.05, 3.63) is 23.8 Å². The Morgan fingerprint density at radius 2 is 1.95 bits per heavy atom. The molecular weight excluding hydrogens is 286 g/mol. The van der Waals surface area contributed by atoms with E-state index < -0.39 is 5.97 Å². The lowest BCUT2D eigenvalue weighted by atomic mass is 10.2. The molecule has 0 radical (unpaired) electrons. The molecule has 22 heavy (non-hydrogen) atoms. The molecule has 1 atom stereocenters. The van der Waals surface area contributed by atoms with E-state index >= 15 is 0 Å². The van der Waals surface area contributed by atoms with Crippen LogP contribution in [0.1, 0.15) is 37.0 Å². The number of esters is 1. The van der Waals surface area contributed by atoms with Gasteiger partial charge in [0.1, 0.15) is 17.1 Å². The smallest absolute Gasteiger partial charge is 0.342 e. The molecule has 1 N–H and O–H groups in total. The van der Waals surface area contributed by atoms with Crippen LogP contribution in [-0.2, 0) is 9.53 Å². The predicted octanol–water partition coefficient (Wildman–Crippen LogP) is 2.17. The number of ether oxygens (including phenoxy) is 3. The largest absolute Gasteiger partial charge is 0.497 e. The molecule has 0 saturated carbocycles. The lowest BCUT2D eigenvalue weighted by molar-refractivity contribution is -0.124. The number of carbonyl (C=O) groups is 2. The van der Waals surface area contributed by atoms with Gasteiger partial charge in [-0.2, -0.15) is 0 Å². The molecule has 0 fully saturated rings. The quantitative estimate of drug-likeness (QED) is 0.745. The second-order valence-electron chi connectivity index (χ2n) is 4.90. The van der Waals surface area contributed by atoms with Gasteiger partial charge in [0.2, 0.25) is 0 Å². The van der Waals surface area contributed by atoms with Gasteiger partial charge >= 0.3 is 5.97 Å². The summed E-state index contributed by atoms with van der Waals surface area (Å²) in [5.74, 6) is -0.0791. The number of hydrogen-bond acceptors (Lipinski definition) is 5. The molecule has 6 nitrogen and oxygen atoms in total. The van der Waals surface area contributed by atoms with E-state index in [1.54, 1.807) is 12.1 Å². The Hall–Kier alpha value is -2.24. The molecule has 1 aromatic carbocycles. The van der Waals surface area contributed by atoms with Gasteiger partial charge in [-0.05, 0) is 31.5 Å². The van der Waals surface area contributed by atoms with Crippen LogP contribution in [0.2, 0.25) is 0 Å². The number of carbonyl (C=O) groups excluding carboxylic acids is 2. The van der Waals surface area contributed by atoms with Crippen LogP contribution in [0.25, 0.3) is 0 Å². The molecule has 0 bridgehead atoms. The Labute approximate surface area is 130 Å². The molecule has 0 aliphatic carbocycles. The van der Waals surface area contributed by atoms with Gasteiger partial charge < -0.3 is 19.5 Å². The summed E-state index contributed by atoms with van der Waals surface area (Å²) in [5, 5.41) is 2.77. The Morgan fingerprint density at radius 3 is 2.55 bits per heavy atom. The maximum absolute atomic E-state index is 12.1. The van der Waals surface area contributed by atoms with Crippen molar-refractivity contribution in [2.24, 2.45) is 0 Å². The zero-order chi connectivity index (χ0) is 16.5. The first-order chi connectivity index (χ1) is 10.5. The average molecular weight is 309 g/mol. The summed E-state index contributed by atoms with van der Waals surface area (Å²) in [6, 6.07) is 4.86. The second-order valence-corrected chi connectivity index (χ2v) is 4.90. The summed E-state index contributed by atoms with van der Waals surface area (Å²) >= 11 is 0. The molecular formula is C16H23NO5. The predicted molar refractivity (Wildman–Crippen MR) is 82.3 cm³/mol. The first kappa shape index (κ1) is 17.8. The summed E-state index contributed by atoms with van der Waals surface area (Å²) < 4.78 is 15.2. The molecule has 1 amide bonds. The molecule has 0 aromatic heterocycles. The first-order valence-corrected chi connectivity index (χ1v) is 7.20. The van der Waals surface area contributed by atoms with Crippen LogP contribution < -0.4 is 14.8 Å². The third-order valence-electron chi connectivity index (χ3n) is 3.09. The van der Waals surface area contributed by atoms with E-state index in [1.807, 2.05) is 13.8 Å². The van der Waals surface area contributed by atoms with Crippen molar-refractivity contribution in [1.82, 2.24) is 5.32 Å². The number of methoxy groups -OCH3 is 2. The maximum Gasteiger partial charge on any atom is 0.342 e.